The fourth-order valence-electron chi connectivity index (χ4n) is 1.39. The van der Waals surface area contributed by atoms with Gasteiger partial charge in [0.05, 0.1) is 5.56 Å². The summed E-state index contributed by atoms with van der Waals surface area (Å²) in [6.07, 6.45) is -0.917. The van der Waals surface area contributed by atoms with E-state index in [1.54, 1.807) is 12.1 Å². The molecule has 0 aromatic heterocycles. The zero-order valence-corrected chi connectivity index (χ0v) is 11.2. The van der Waals surface area contributed by atoms with Crippen LogP contribution >= 0.6 is 0 Å². The Labute approximate surface area is 107 Å². The molecule has 1 aromatic rings. The Morgan fingerprint density at radius 3 is 2.06 bits per heavy atom. The number of ether oxygens (including phenoxy) is 1. The maximum absolute atomic E-state index is 11.7. The zero-order valence-electron chi connectivity index (χ0n) is 11.2. The van der Waals surface area contributed by atoms with Crippen LogP contribution in [0.2, 0.25) is 0 Å². The smallest absolute Gasteiger partial charge is 0.338 e. The van der Waals surface area contributed by atoms with Gasteiger partial charge in [-0.1, -0.05) is 32.9 Å². The number of hydrogen-bond acceptors (Lipinski definition) is 3. The summed E-state index contributed by atoms with van der Waals surface area (Å²) in [6, 6.07) is 7.14. The van der Waals surface area contributed by atoms with Crippen molar-refractivity contribution >= 4 is 11.9 Å². The lowest BCUT2D eigenvalue weighted by Gasteiger charge is -2.19. The Hall–Kier alpha value is -1.84. The highest BCUT2D eigenvalue weighted by Crippen LogP contribution is 2.22. The largest absolute Gasteiger partial charge is 0.449 e. The van der Waals surface area contributed by atoms with E-state index in [4.69, 9.17) is 10.5 Å². The van der Waals surface area contributed by atoms with Crippen molar-refractivity contribution in [1.29, 1.82) is 0 Å². The van der Waals surface area contributed by atoms with Crippen LogP contribution in [0.5, 0.6) is 0 Å². The fourth-order valence-corrected chi connectivity index (χ4v) is 1.39. The molecule has 0 saturated carbocycles. The number of hydrogen-bond donors (Lipinski definition) is 1. The number of amides is 1. The molecule has 0 bridgehead atoms. The maximum Gasteiger partial charge on any atom is 0.338 e. The maximum atomic E-state index is 11.7. The van der Waals surface area contributed by atoms with Crippen LogP contribution in [-0.4, -0.2) is 18.0 Å². The van der Waals surface area contributed by atoms with E-state index in [1.165, 1.54) is 6.92 Å². The van der Waals surface area contributed by atoms with Gasteiger partial charge in [-0.05, 0) is 30.0 Å². The van der Waals surface area contributed by atoms with Gasteiger partial charge in [-0.2, -0.15) is 0 Å². The summed E-state index contributed by atoms with van der Waals surface area (Å²) in [5.41, 5.74) is 6.60. The second-order valence-electron chi connectivity index (χ2n) is 5.28. The van der Waals surface area contributed by atoms with Crippen molar-refractivity contribution in [2.24, 2.45) is 5.73 Å². The number of esters is 1. The number of nitrogens with two attached hydrogens (primary N) is 1. The van der Waals surface area contributed by atoms with Crippen LogP contribution < -0.4 is 5.73 Å². The molecule has 0 unspecified atom stereocenters. The van der Waals surface area contributed by atoms with E-state index >= 15 is 0 Å². The molecule has 18 heavy (non-hydrogen) atoms. The minimum Gasteiger partial charge on any atom is -0.449 e. The lowest BCUT2D eigenvalue weighted by molar-refractivity contribution is -0.125. The van der Waals surface area contributed by atoms with Gasteiger partial charge in [-0.25, -0.2) is 4.79 Å². The average Bonchev–Trinajstić information content (AvgIpc) is 2.27. The van der Waals surface area contributed by atoms with Gasteiger partial charge in [0.15, 0.2) is 6.10 Å². The summed E-state index contributed by atoms with van der Waals surface area (Å²) in [5, 5.41) is 0. The molecule has 0 saturated heterocycles. The second-order valence-corrected chi connectivity index (χ2v) is 5.28. The Balaban J connectivity index is 2.80. The van der Waals surface area contributed by atoms with E-state index < -0.39 is 18.0 Å². The van der Waals surface area contributed by atoms with E-state index in [-0.39, 0.29) is 5.41 Å². The minimum absolute atomic E-state index is 0.0307. The molecule has 0 aliphatic carbocycles. The van der Waals surface area contributed by atoms with Gasteiger partial charge in [0, 0.05) is 0 Å². The predicted molar refractivity (Wildman–Crippen MR) is 69.2 cm³/mol. The van der Waals surface area contributed by atoms with Crippen LogP contribution in [0.15, 0.2) is 24.3 Å². The van der Waals surface area contributed by atoms with Crippen molar-refractivity contribution in [1.82, 2.24) is 0 Å². The summed E-state index contributed by atoms with van der Waals surface area (Å²) >= 11 is 0. The van der Waals surface area contributed by atoms with E-state index in [0.717, 1.165) is 5.56 Å². The first-order valence-electron chi connectivity index (χ1n) is 5.82. The van der Waals surface area contributed by atoms with E-state index in [9.17, 15) is 9.59 Å². The highest BCUT2D eigenvalue weighted by atomic mass is 16.5. The SMILES string of the molecule is C[C@@H](OC(=O)c1ccc(C(C)(C)C)cc1)C(N)=O. The molecule has 1 amide bonds. The van der Waals surface area contributed by atoms with Gasteiger partial charge in [0.2, 0.25) is 0 Å². The molecule has 4 nitrogen and oxygen atoms in total. The van der Waals surface area contributed by atoms with Crippen LogP contribution in [0.4, 0.5) is 0 Å². The third-order valence-corrected chi connectivity index (χ3v) is 2.67. The molecule has 4 heteroatoms. The van der Waals surface area contributed by atoms with Crippen molar-refractivity contribution in [3.8, 4) is 0 Å². The molecule has 98 valence electrons. The summed E-state index contributed by atoms with van der Waals surface area (Å²) < 4.78 is 4.91. The van der Waals surface area contributed by atoms with Gasteiger partial charge in [-0.3, -0.25) is 4.79 Å². The van der Waals surface area contributed by atoms with Crippen LogP contribution in [0.25, 0.3) is 0 Å². The standard InChI is InChI=1S/C14H19NO3/c1-9(12(15)16)18-13(17)10-5-7-11(8-6-10)14(2,3)4/h5-9H,1-4H3,(H2,15,16)/t9-/m1/s1. The summed E-state index contributed by atoms with van der Waals surface area (Å²) in [5.74, 6) is -1.20. The molecule has 0 heterocycles. The van der Waals surface area contributed by atoms with Crippen LogP contribution in [-0.2, 0) is 14.9 Å². The molecule has 1 atom stereocenters. The lowest BCUT2D eigenvalue weighted by atomic mass is 9.87. The summed E-state index contributed by atoms with van der Waals surface area (Å²) in [4.78, 5) is 22.5. The zero-order chi connectivity index (χ0) is 13.9. The Morgan fingerprint density at radius 2 is 1.67 bits per heavy atom. The van der Waals surface area contributed by atoms with Crippen molar-refractivity contribution in [2.75, 3.05) is 0 Å². The highest BCUT2D eigenvalue weighted by molar-refractivity contribution is 5.91. The molecule has 1 rings (SSSR count). The Kier molecular flexibility index (Phi) is 4.11. The molecule has 0 aliphatic rings. The van der Waals surface area contributed by atoms with Crippen LogP contribution in [0, 0.1) is 0 Å². The molecule has 0 spiro atoms. The quantitative estimate of drug-likeness (QED) is 0.833. The normalized spacial score (nSPS) is 12.9. The Morgan fingerprint density at radius 1 is 1.17 bits per heavy atom. The molecular formula is C14H19NO3. The molecule has 2 N–H and O–H groups in total. The van der Waals surface area contributed by atoms with Crippen LogP contribution in [0.3, 0.4) is 0 Å². The minimum atomic E-state index is -0.917. The molecule has 1 aromatic carbocycles. The first-order chi connectivity index (χ1) is 8.21. The van der Waals surface area contributed by atoms with E-state index in [2.05, 4.69) is 20.8 Å². The van der Waals surface area contributed by atoms with Crippen LogP contribution in [0.1, 0.15) is 43.6 Å². The van der Waals surface area contributed by atoms with E-state index in [0.29, 0.717) is 5.56 Å². The molecule has 0 fully saturated rings. The fraction of sp³-hybridized carbons (Fsp3) is 0.429. The van der Waals surface area contributed by atoms with Gasteiger partial charge in [-0.15, -0.1) is 0 Å². The number of primary amides is 1. The van der Waals surface area contributed by atoms with Crippen molar-refractivity contribution < 1.29 is 14.3 Å². The van der Waals surface area contributed by atoms with E-state index in [1.807, 2.05) is 12.1 Å². The van der Waals surface area contributed by atoms with Gasteiger partial charge < -0.3 is 10.5 Å². The monoisotopic (exact) mass is 249 g/mol. The molecular weight excluding hydrogens is 230 g/mol. The first-order valence-corrected chi connectivity index (χ1v) is 5.82. The third kappa shape index (κ3) is 3.58. The molecule has 0 aliphatic heterocycles. The topological polar surface area (TPSA) is 69.4 Å². The Bertz CT molecular complexity index is 443. The number of rotatable bonds is 3. The van der Waals surface area contributed by atoms with Gasteiger partial charge >= 0.3 is 5.97 Å². The second kappa shape index (κ2) is 5.21. The van der Waals surface area contributed by atoms with Crippen molar-refractivity contribution in [3.63, 3.8) is 0 Å². The summed E-state index contributed by atoms with van der Waals surface area (Å²) in [6.45, 7) is 7.73. The number of benzene rings is 1. The third-order valence-electron chi connectivity index (χ3n) is 2.67. The average molecular weight is 249 g/mol. The summed E-state index contributed by atoms with van der Waals surface area (Å²) in [7, 11) is 0. The van der Waals surface area contributed by atoms with Crippen molar-refractivity contribution in [3.05, 3.63) is 35.4 Å². The van der Waals surface area contributed by atoms with Gasteiger partial charge in [0.25, 0.3) is 5.91 Å². The highest BCUT2D eigenvalue weighted by Gasteiger charge is 2.17. The number of carbonyl (C=O) groups is 2. The first kappa shape index (κ1) is 14.2. The molecule has 0 radical (unpaired) electrons. The number of carbonyl (C=O) groups excluding carboxylic acids is 2. The lowest BCUT2D eigenvalue weighted by Crippen LogP contribution is -2.30. The van der Waals surface area contributed by atoms with Gasteiger partial charge in [0.1, 0.15) is 0 Å². The predicted octanol–water partition coefficient (Wildman–Crippen LogP) is 2.01. The van der Waals surface area contributed by atoms with Crippen molar-refractivity contribution in [2.45, 2.75) is 39.2 Å².